The highest BCUT2D eigenvalue weighted by molar-refractivity contribution is 7.10. The Morgan fingerprint density at radius 2 is 2.18 bits per heavy atom. The van der Waals surface area contributed by atoms with Gasteiger partial charge in [-0.15, -0.1) is 11.3 Å². The number of carbonyl (C=O) groups is 1. The Kier molecular flexibility index (Phi) is 3.59. The molecule has 0 fully saturated rings. The van der Waals surface area contributed by atoms with Crippen molar-refractivity contribution in [3.05, 3.63) is 57.8 Å². The number of carboxylic acid groups (broad SMARTS) is 1. The molecule has 17 heavy (non-hydrogen) atoms. The number of aryl methyl sites for hydroxylation is 1. The molecule has 88 valence electrons. The Hall–Kier alpha value is -1.61. The van der Waals surface area contributed by atoms with Gasteiger partial charge in [0.2, 0.25) is 0 Å². The van der Waals surface area contributed by atoms with Gasteiger partial charge in [-0.05, 0) is 30.4 Å². The molecular weight excluding hydrogens is 232 g/mol. The molecule has 1 unspecified atom stereocenters. The summed E-state index contributed by atoms with van der Waals surface area (Å²) in [5, 5.41) is 11.2. The molecule has 0 spiro atoms. The van der Waals surface area contributed by atoms with Crippen LogP contribution < -0.4 is 0 Å². The monoisotopic (exact) mass is 246 g/mol. The molecule has 1 aromatic carbocycles. The second-order valence-electron chi connectivity index (χ2n) is 4.10. The Morgan fingerprint density at radius 3 is 2.76 bits per heavy atom. The first-order valence-corrected chi connectivity index (χ1v) is 6.36. The van der Waals surface area contributed by atoms with Crippen molar-refractivity contribution >= 4 is 17.3 Å². The molecule has 3 heteroatoms. The van der Waals surface area contributed by atoms with E-state index in [2.05, 4.69) is 0 Å². The second kappa shape index (κ2) is 5.15. The van der Waals surface area contributed by atoms with E-state index in [0.29, 0.717) is 6.42 Å². The maximum absolute atomic E-state index is 11.3. The first-order valence-electron chi connectivity index (χ1n) is 5.48. The predicted molar refractivity (Wildman–Crippen MR) is 69.6 cm³/mol. The summed E-state index contributed by atoms with van der Waals surface area (Å²) in [4.78, 5) is 12.2. The highest BCUT2D eigenvalue weighted by Gasteiger charge is 2.21. The lowest BCUT2D eigenvalue weighted by Gasteiger charge is -2.10. The van der Waals surface area contributed by atoms with Crippen LogP contribution in [0, 0.1) is 6.92 Å². The lowest BCUT2D eigenvalue weighted by molar-refractivity contribution is -0.138. The van der Waals surface area contributed by atoms with Gasteiger partial charge in [0.1, 0.15) is 0 Å². The van der Waals surface area contributed by atoms with Crippen molar-refractivity contribution in [2.24, 2.45) is 0 Å². The van der Waals surface area contributed by atoms with Gasteiger partial charge in [-0.1, -0.05) is 35.9 Å². The van der Waals surface area contributed by atoms with Crippen molar-refractivity contribution in [3.8, 4) is 0 Å². The van der Waals surface area contributed by atoms with Crippen LogP contribution >= 0.6 is 11.3 Å². The van der Waals surface area contributed by atoms with Crippen molar-refractivity contribution < 1.29 is 9.90 Å². The number of hydrogen-bond acceptors (Lipinski definition) is 2. The van der Waals surface area contributed by atoms with Crippen molar-refractivity contribution in [1.82, 2.24) is 0 Å². The molecule has 0 saturated heterocycles. The summed E-state index contributed by atoms with van der Waals surface area (Å²) in [6.07, 6.45) is 0.553. The quantitative estimate of drug-likeness (QED) is 0.897. The van der Waals surface area contributed by atoms with Crippen LogP contribution in [0.2, 0.25) is 0 Å². The molecule has 1 atom stereocenters. The minimum atomic E-state index is -0.756. The van der Waals surface area contributed by atoms with E-state index >= 15 is 0 Å². The van der Waals surface area contributed by atoms with E-state index in [1.165, 1.54) is 11.3 Å². The third kappa shape index (κ3) is 2.94. The van der Waals surface area contributed by atoms with E-state index in [0.717, 1.165) is 16.0 Å². The van der Waals surface area contributed by atoms with E-state index < -0.39 is 11.9 Å². The van der Waals surface area contributed by atoms with E-state index in [4.69, 9.17) is 0 Å². The predicted octanol–water partition coefficient (Wildman–Crippen LogP) is 3.47. The summed E-state index contributed by atoms with van der Waals surface area (Å²) in [6.45, 7) is 2.02. The fraction of sp³-hybridized carbons (Fsp3) is 0.214. The standard InChI is InChI=1S/C14H14O2S/c1-10-4-2-5-11(8-10)9-12(14(15)16)13-6-3-7-17-13/h2-8,12H,9H2,1H3,(H,15,16). The third-order valence-corrected chi connectivity index (χ3v) is 3.69. The van der Waals surface area contributed by atoms with Crippen molar-refractivity contribution in [3.63, 3.8) is 0 Å². The van der Waals surface area contributed by atoms with Crippen LogP contribution in [0.5, 0.6) is 0 Å². The molecular formula is C14H14O2S. The van der Waals surface area contributed by atoms with Gasteiger partial charge in [-0.2, -0.15) is 0 Å². The van der Waals surface area contributed by atoms with Crippen LogP contribution in [0.4, 0.5) is 0 Å². The molecule has 0 saturated carbocycles. The summed E-state index contributed by atoms with van der Waals surface area (Å²) in [5.41, 5.74) is 2.24. The van der Waals surface area contributed by atoms with E-state index in [1.54, 1.807) is 0 Å². The van der Waals surface area contributed by atoms with Gasteiger partial charge in [-0.25, -0.2) is 0 Å². The molecule has 0 amide bonds. The van der Waals surface area contributed by atoms with Gasteiger partial charge in [0.25, 0.3) is 0 Å². The lowest BCUT2D eigenvalue weighted by atomic mass is 9.97. The molecule has 0 aliphatic heterocycles. The highest BCUT2D eigenvalue weighted by Crippen LogP contribution is 2.25. The highest BCUT2D eigenvalue weighted by atomic mass is 32.1. The molecule has 1 N–H and O–H groups in total. The number of rotatable bonds is 4. The second-order valence-corrected chi connectivity index (χ2v) is 5.08. The number of carboxylic acids is 1. The van der Waals surface area contributed by atoms with Crippen LogP contribution in [0.3, 0.4) is 0 Å². The van der Waals surface area contributed by atoms with Gasteiger partial charge in [0.15, 0.2) is 0 Å². The maximum atomic E-state index is 11.3. The summed E-state index contributed by atoms with van der Waals surface area (Å²) in [7, 11) is 0. The SMILES string of the molecule is Cc1cccc(CC(C(=O)O)c2cccs2)c1. The average molecular weight is 246 g/mol. The molecule has 1 heterocycles. The summed E-state index contributed by atoms with van der Waals surface area (Å²) in [6, 6.07) is 11.8. The summed E-state index contributed by atoms with van der Waals surface area (Å²) < 4.78 is 0. The number of aliphatic carboxylic acids is 1. The molecule has 0 aliphatic carbocycles. The first kappa shape index (κ1) is 11.9. The molecule has 2 rings (SSSR count). The van der Waals surface area contributed by atoms with Crippen LogP contribution in [0.25, 0.3) is 0 Å². The fourth-order valence-electron chi connectivity index (χ4n) is 1.87. The Balaban J connectivity index is 2.22. The lowest BCUT2D eigenvalue weighted by Crippen LogP contribution is -2.13. The number of hydrogen-bond donors (Lipinski definition) is 1. The van der Waals surface area contributed by atoms with Gasteiger partial charge in [-0.3, -0.25) is 4.79 Å². The van der Waals surface area contributed by atoms with Gasteiger partial charge < -0.3 is 5.11 Å². The molecule has 2 nitrogen and oxygen atoms in total. The summed E-state index contributed by atoms with van der Waals surface area (Å²) in [5.74, 6) is -1.19. The number of benzene rings is 1. The largest absolute Gasteiger partial charge is 0.481 e. The Labute approximate surface area is 105 Å². The van der Waals surface area contributed by atoms with Crippen LogP contribution in [0.1, 0.15) is 21.9 Å². The van der Waals surface area contributed by atoms with Crippen molar-refractivity contribution in [2.75, 3.05) is 0 Å². The van der Waals surface area contributed by atoms with E-state index in [1.807, 2.05) is 48.7 Å². The van der Waals surface area contributed by atoms with Crippen molar-refractivity contribution in [1.29, 1.82) is 0 Å². The van der Waals surface area contributed by atoms with Crippen LogP contribution in [0.15, 0.2) is 41.8 Å². The van der Waals surface area contributed by atoms with Gasteiger partial charge in [0, 0.05) is 4.88 Å². The minimum absolute atomic E-state index is 0.434. The van der Waals surface area contributed by atoms with Crippen LogP contribution in [-0.4, -0.2) is 11.1 Å². The van der Waals surface area contributed by atoms with Crippen molar-refractivity contribution in [2.45, 2.75) is 19.3 Å². The topological polar surface area (TPSA) is 37.3 Å². The van der Waals surface area contributed by atoms with E-state index in [9.17, 15) is 9.90 Å². The Bertz CT molecular complexity index is 503. The normalized spacial score (nSPS) is 12.3. The van der Waals surface area contributed by atoms with Gasteiger partial charge >= 0.3 is 5.97 Å². The fourth-order valence-corrected chi connectivity index (χ4v) is 2.69. The molecule has 0 radical (unpaired) electrons. The van der Waals surface area contributed by atoms with E-state index in [-0.39, 0.29) is 0 Å². The first-order chi connectivity index (χ1) is 8.16. The zero-order valence-electron chi connectivity index (χ0n) is 9.59. The third-order valence-electron chi connectivity index (χ3n) is 2.71. The molecule has 2 aromatic rings. The van der Waals surface area contributed by atoms with Gasteiger partial charge in [0.05, 0.1) is 5.92 Å². The number of thiophene rings is 1. The molecule has 0 aliphatic rings. The maximum Gasteiger partial charge on any atom is 0.312 e. The zero-order chi connectivity index (χ0) is 12.3. The smallest absolute Gasteiger partial charge is 0.312 e. The Morgan fingerprint density at radius 1 is 1.35 bits per heavy atom. The summed E-state index contributed by atoms with van der Waals surface area (Å²) >= 11 is 1.50. The molecule has 1 aromatic heterocycles. The molecule has 0 bridgehead atoms. The average Bonchev–Trinajstić information content (AvgIpc) is 2.78. The van der Waals surface area contributed by atoms with Crippen LogP contribution in [-0.2, 0) is 11.2 Å². The minimum Gasteiger partial charge on any atom is -0.481 e. The zero-order valence-corrected chi connectivity index (χ0v) is 10.4.